The molecule has 0 radical (unpaired) electrons. The average Bonchev–Trinajstić information content (AvgIpc) is 3.13. The Morgan fingerprint density at radius 1 is 1.19 bits per heavy atom. The number of nitrogens with zero attached hydrogens (tertiary/aromatic N) is 2. The predicted octanol–water partition coefficient (Wildman–Crippen LogP) is 3.77. The Hall–Kier alpha value is -2.15. The molecule has 2 fully saturated rings. The molecule has 142 valence electrons. The number of piperidine rings is 1. The highest BCUT2D eigenvalue weighted by molar-refractivity contribution is 6.30. The van der Waals surface area contributed by atoms with Gasteiger partial charge in [0.15, 0.2) is 5.79 Å². The van der Waals surface area contributed by atoms with E-state index in [-0.39, 0.29) is 5.91 Å². The number of rotatable bonds is 3. The van der Waals surface area contributed by atoms with E-state index in [2.05, 4.69) is 10.3 Å². The lowest BCUT2D eigenvalue weighted by Crippen LogP contribution is -2.47. The molecule has 1 amide bonds. The number of nitrogens with one attached hydrogen (secondary N) is 1. The highest BCUT2D eigenvalue weighted by Gasteiger charge is 2.40. The second-order valence-electron chi connectivity index (χ2n) is 6.91. The largest absolute Gasteiger partial charge is 0.347 e. The van der Waals surface area contributed by atoms with Crippen molar-refractivity contribution in [2.24, 2.45) is 0 Å². The summed E-state index contributed by atoms with van der Waals surface area (Å²) in [5.74, 6) is 0.129. The van der Waals surface area contributed by atoms with E-state index < -0.39 is 5.79 Å². The molecule has 2 aliphatic heterocycles. The minimum absolute atomic E-state index is 0.00360. The Morgan fingerprint density at radius 2 is 1.93 bits per heavy atom. The maximum Gasteiger partial charge on any atom is 0.254 e. The minimum Gasteiger partial charge on any atom is -0.347 e. The van der Waals surface area contributed by atoms with Crippen molar-refractivity contribution in [3.63, 3.8) is 0 Å². The van der Waals surface area contributed by atoms with Crippen LogP contribution in [0.1, 0.15) is 28.8 Å². The quantitative estimate of drug-likeness (QED) is 0.868. The van der Waals surface area contributed by atoms with Gasteiger partial charge < -0.3 is 19.7 Å². The molecule has 1 aromatic heterocycles. The van der Waals surface area contributed by atoms with Gasteiger partial charge in [0.05, 0.1) is 13.2 Å². The molecule has 1 aromatic carbocycles. The van der Waals surface area contributed by atoms with Crippen molar-refractivity contribution < 1.29 is 14.3 Å². The fourth-order valence-electron chi connectivity index (χ4n) is 3.52. The van der Waals surface area contributed by atoms with Crippen molar-refractivity contribution in [2.75, 3.05) is 31.6 Å². The van der Waals surface area contributed by atoms with E-state index in [1.54, 1.807) is 18.3 Å². The van der Waals surface area contributed by atoms with Crippen molar-refractivity contribution in [3.05, 3.63) is 52.7 Å². The summed E-state index contributed by atoms with van der Waals surface area (Å²) in [7, 11) is 0. The van der Waals surface area contributed by atoms with Crippen molar-refractivity contribution in [3.8, 4) is 0 Å². The molecule has 3 heterocycles. The van der Waals surface area contributed by atoms with E-state index in [0.717, 1.165) is 11.3 Å². The van der Waals surface area contributed by atoms with Gasteiger partial charge in [0.1, 0.15) is 5.82 Å². The van der Waals surface area contributed by atoms with Gasteiger partial charge in [-0.25, -0.2) is 4.98 Å². The van der Waals surface area contributed by atoms with Gasteiger partial charge in [-0.05, 0) is 36.8 Å². The number of carbonyl (C=O) groups is 1. The van der Waals surface area contributed by atoms with Gasteiger partial charge in [-0.15, -0.1) is 0 Å². The molecule has 0 bridgehead atoms. The first kappa shape index (κ1) is 18.2. The lowest BCUT2D eigenvalue weighted by Gasteiger charge is -2.37. The van der Waals surface area contributed by atoms with Crippen LogP contribution in [0.25, 0.3) is 0 Å². The highest BCUT2D eigenvalue weighted by Crippen LogP contribution is 2.32. The molecule has 27 heavy (non-hydrogen) atoms. The van der Waals surface area contributed by atoms with E-state index in [9.17, 15) is 4.79 Å². The van der Waals surface area contributed by atoms with Crippen molar-refractivity contribution in [1.82, 2.24) is 9.88 Å². The molecular weight excluding hydrogens is 366 g/mol. The molecule has 6 nitrogen and oxygen atoms in total. The molecule has 2 aliphatic rings. The third kappa shape index (κ3) is 3.93. The smallest absolute Gasteiger partial charge is 0.254 e. The van der Waals surface area contributed by atoms with Crippen LogP contribution in [0.15, 0.2) is 36.5 Å². The van der Waals surface area contributed by atoms with Crippen LogP contribution in [-0.4, -0.2) is 47.9 Å². The number of ether oxygens (including phenoxy) is 2. The van der Waals surface area contributed by atoms with E-state index in [1.807, 2.05) is 30.0 Å². The van der Waals surface area contributed by atoms with Gasteiger partial charge in [-0.1, -0.05) is 17.7 Å². The summed E-state index contributed by atoms with van der Waals surface area (Å²) < 4.78 is 11.5. The van der Waals surface area contributed by atoms with E-state index >= 15 is 0 Å². The minimum atomic E-state index is -0.480. The molecule has 1 N–H and O–H groups in total. The fraction of sp³-hybridized carbons (Fsp3) is 0.400. The lowest BCUT2D eigenvalue weighted by atomic mass is 10.0. The van der Waals surface area contributed by atoms with Gasteiger partial charge in [-0.3, -0.25) is 4.79 Å². The summed E-state index contributed by atoms with van der Waals surface area (Å²) >= 11 is 6.08. The predicted molar refractivity (Wildman–Crippen MR) is 103 cm³/mol. The maximum absolute atomic E-state index is 12.9. The van der Waals surface area contributed by atoms with Crippen LogP contribution >= 0.6 is 11.6 Å². The van der Waals surface area contributed by atoms with Gasteiger partial charge in [-0.2, -0.15) is 0 Å². The number of anilines is 2. The van der Waals surface area contributed by atoms with Crippen LogP contribution in [0.5, 0.6) is 0 Å². The lowest BCUT2D eigenvalue weighted by molar-refractivity contribution is -0.181. The third-order valence-corrected chi connectivity index (χ3v) is 5.33. The van der Waals surface area contributed by atoms with Crippen molar-refractivity contribution >= 4 is 29.0 Å². The molecular formula is C20H22ClN3O3. The molecule has 7 heteroatoms. The van der Waals surface area contributed by atoms with Gasteiger partial charge in [0.2, 0.25) is 0 Å². The maximum atomic E-state index is 12.9. The van der Waals surface area contributed by atoms with Crippen molar-refractivity contribution in [1.29, 1.82) is 0 Å². The SMILES string of the molecule is Cc1ccc(Cl)cc1Nc1cc(C(=O)N2CCC3(CC2)OCCO3)ccn1. The first-order valence-electron chi connectivity index (χ1n) is 9.11. The van der Waals surface area contributed by atoms with Crippen LogP contribution < -0.4 is 5.32 Å². The summed E-state index contributed by atoms with van der Waals surface area (Å²) in [5, 5.41) is 3.89. The van der Waals surface area contributed by atoms with E-state index in [0.29, 0.717) is 55.5 Å². The number of hydrogen-bond acceptors (Lipinski definition) is 5. The van der Waals surface area contributed by atoms with Crippen LogP contribution in [0, 0.1) is 6.92 Å². The summed E-state index contributed by atoms with van der Waals surface area (Å²) in [6.07, 6.45) is 3.05. The topological polar surface area (TPSA) is 63.7 Å². The highest BCUT2D eigenvalue weighted by atomic mass is 35.5. The second-order valence-corrected chi connectivity index (χ2v) is 7.35. The Kier molecular flexibility index (Phi) is 5.04. The molecule has 0 aliphatic carbocycles. The van der Waals surface area contributed by atoms with Crippen LogP contribution in [-0.2, 0) is 9.47 Å². The number of benzene rings is 1. The number of likely N-dealkylation sites (tertiary alicyclic amines) is 1. The number of carbonyl (C=O) groups excluding carboxylic acids is 1. The molecule has 1 spiro atoms. The van der Waals surface area contributed by atoms with E-state index in [4.69, 9.17) is 21.1 Å². The zero-order valence-electron chi connectivity index (χ0n) is 15.2. The number of hydrogen-bond donors (Lipinski definition) is 1. The molecule has 0 unspecified atom stereocenters. The van der Waals surface area contributed by atoms with Crippen LogP contribution in [0.4, 0.5) is 11.5 Å². The third-order valence-electron chi connectivity index (χ3n) is 5.10. The Bertz CT molecular complexity index is 842. The zero-order valence-corrected chi connectivity index (χ0v) is 16.0. The van der Waals surface area contributed by atoms with Crippen molar-refractivity contribution in [2.45, 2.75) is 25.6 Å². The number of pyridine rings is 1. The summed E-state index contributed by atoms with van der Waals surface area (Å²) in [6.45, 7) is 4.51. The number of amides is 1. The standard InChI is InChI=1S/C20H22ClN3O3/c1-14-2-3-16(21)13-17(14)23-18-12-15(4-7-22-18)19(25)24-8-5-20(6-9-24)26-10-11-27-20/h2-4,7,12-13H,5-6,8-11H2,1H3,(H,22,23). The number of aromatic nitrogens is 1. The van der Waals surface area contributed by atoms with Gasteiger partial charge in [0, 0.05) is 48.4 Å². The monoisotopic (exact) mass is 387 g/mol. The Morgan fingerprint density at radius 3 is 2.67 bits per heavy atom. The average molecular weight is 388 g/mol. The second kappa shape index (κ2) is 7.46. The fourth-order valence-corrected chi connectivity index (χ4v) is 3.69. The first-order valence-corrected chi connectivity index (χ1v) is 9.49. The Balaban J connectivity index is 1.46. The molecule has 0 atom stereocenters. The molecule has 0 saturated carbocycles. The summed E-state index contributed by atoms with van der Waals surface area (Å²) in [6, 6.07) is 9.15. The first-order chi connectivity index (χ1) is 13.0. The Labute approximate surface area is 163 Å². The van der Waals surface area contributed by atoms with Gasteiger partial charge >= 0.3 is 0 Å². The molecule has 2 aromatic rings. The molecule has 4 rings (SSSR count). The summed E-state index contributed by atoms with van der Waals surface area (Å²) in [5.41, 5.74) is 2.53. The normalized spacial score (nSPS) is 18.7. The van der Waals surface area contributed by atoms with Gasteiger partial charge in [0.25, 0.3) is 5.91 Å². The zero-order chi connectivity index (χ0) is 18.9. The molecule has 2 saturated heterocycles. The van der Waals surface area contributed by atoms with E-state index in [1.165, 1.54) is 0 Å². The van der Waals surface area contributed by atoms with Crippen LogP contribution in [0.3, 0.4) is 0 Å². The number of halogens is 1. The summed E-state index contributed by atoms with van der Waals surface area (Å²) in [4.78, 5) is 19.1. The van der Waals surface area contributed by atoms with Crippen LogP contribution in [0.2, 0.25) is 5.02 Å². The number of aryl methyl sites for hydroxylation is 1.